The van der Waals surface area contributed by atoms with Crippen molar-refractivity contribution in [1.29, 1.82) is 0 Å². The van der Waals surface area contributed by atoms with Crippen LogP contribution in [0.2, 0.25) is 0 Å². The third-order valence-electron chi connectivity index (χ3n) is 5.15. The fourth-order valence-electron chi connectivity index (χ4n) is 3.94. The quantitative estimate of drug-likeness (QED) is 0.739. The van der Waals surface area contributed by atoms with Gasteiger partial charge in [0.2, 0.25) is 0 Å². The van der Waals surface area contributed by atoms with Crippen LogP contribution in [-0.4, -0.2) is 24.3 Å². The lowest BCUT2D eigenvalue weighted by molar-refractivity contribution is -0.117. The summed E-state index contributed by atoms with van der Waals surface area (Å²) >= 11 is 0. The van der Waals surface area contributed by atoms with E-state index < -0.39 is 0 Å². The van der Waals surface area contributed by atoms with Crippen LogP contribution in [0.25, 0.3) is 0 Å². The summed E-state index contributed by atoms with van der Waals surface area (Å²) in [5.74, 6) is 0.856. The third-order valence-corrected chi connectivity index (χ3v) is 5.15. The highest BCUT2D eigenvalue weighted by Crippen LogP contribution is 2.35. The van der Waals surface area contributed by atoms with Crippen molar-refractivity contribution < 1.29 is 4.74 Å². The van der Waals surface area contributed by atoms with Crippen LogP contribution in [0.5, 0.6) is 0 Å². The maximum absolute atomic E-state index is 6.76. The summed E-state index contributed by atoms with van der Waals surface area (Å²) in [5.41, 5.74) is 0.127. The first-order valence-corrected chi connectivity index (χ1v) is 9.01. The fraction of sp³-hybridized carbons (Fsp3) is 1.00. The maximum atomic E-state index is 6.76. The van der Waals surface area contributed by atoms with Gasteiger partial charge in [-0.3, -0.25) is 0 Å². The van der Waals surface area contributed by atoms with Crippen LogP contribution >= 0.6 is 0 Å². The first-order valence-electron chi connectivity index (χ1n) is 9.01. The minimum Gasteiger partial charge on any atom is -0.370 e. The zero-order chi connectivity index (χ0) is 14.4. The summed E-state index contributed by atoms with van der Waals surface area (Å²) in [6, 6.07) is 0.559. The molecule has 2 rings (SSSR count). The highest BCUT2D eigenvalue weighted by Gasteiger charge is 2.35. The predicted molar refractivity (Wildman–Crippen MR) is 86.1 cm³/mol. The normalized spacial score (nSPS) is 31.2. The lowest BCUT2D eigenvalue weighted by Crippen LogP contribution is -2.47. The molecule has 2 aliphatic rings. The minimum absolute atomic E-state index is 0.127. The average molecular weight is 281 g/mol. The van der Waals surface area contributed by atoms with Gasteiger partial charge in [0.1, 0.15) is 0 Å². The predicted octanol–water partition coefficient (Wildman–Crippen LogP) is 4.67. The molecule has 2 nitrogen and oxygen atoms in total. The molecule has 0 amide bonds. The third kappa shape index (κ3) is 5.04. The summed E-state index contributed by atoms with van der Waals surface area (Å²) in [4.78, 5) is 0. The van der Waals surface area contributed by atoms with Crippen molar-refractivity contribution in [1.82, 2.24) is 5.32 Å². The van der Waals surface area contributed by atoms with Gasteiger partial charge in [-0.15, -0.1) is 0 Å². The van der Waals surface area contributed by atoms with Crippen molar-refractivity contribution in [2.45, 2.75) is 103 Å². The van der Waals surface area contributed by atoms with E-state index in [2.05, 4.69) is 26.1 Å². The molecule has 0 saturated heterocycles. The Balaban J connectivity index is 1.96. The fourth-order valence-corrected chi connectivity index (χ4v) is 3.94. The van der Waals surface area contributed by atoms with Gasteiger partial charge < -0.3 is 10.1 Å². The second kappa shape index (κ2) is 7.79. The Bertz CT molecular complexity index is 269. The van der Waals surface area contributed by atoms with Crippen LogP contribution in [0.15, 0.2) is 0 Å². The Morgan fingerprint density at radius 1 is 1.05 bits per heavy atom. The Kier molecular flexibility index (Phi) is 6.35. The van der Waals surface area contributed by atoms with Gasteiger partial charge in [0.05, 0.1) is 11.7 Å². The second-order valence-corrected chi connectivity index (χ2v) is 7.64. The molecule has 0 aromatic carbocycles. The Morgan fingerprint density at radius 3 is 2.35 bits per heavy atom. The van der Waals surface area contributed by atoms with Crippen LogP contribution in [0.4, 0.5) is 0 Å². The molecule has 0 aromatic heterocycles. The second-order valence-electron chi connectivity index (χ2n) is 7.64. The average Bonchev–Trinajstić information content (AvgIpc) is 2.63. The highest BCUT2D eigenvalue weighted by atomic mass is 16.5. The molecule has 0 heterocycles. The van der Waals surface area contributed by atoms with Gasteiger partial charge in [-0.25, -0.2) is 0 Å². The summed E-state index contributed by atoms with van der Waals surface area (Å²) < 4.78 is 6.76. The molecule has 2 saturated carbocycles. The van der Waals surface area contributed by atoms with E-state index in [0.717, 1.165) is 12.5 Å². The number of nitrogens with one attached hydrogen (secondary N) is 1. The molecule has 0 radical (unpaired) electrons. The van der Waals surface area contributed by atoms with Gasteiger partial charge in [0.25, 0.3) is 0 Å². The molecule has 0 aliphatic heterocycles. The monoisotopic (exact) mass is 281 g/mol. The van der Waals surface area contributed by atoms with Gasteiger partial charge in [0, 0.05) is 12.6 Å². The Morgan fingerprint density at radius 2 is 1.75 bits per heavy atom. The summed E-state index contributed by atoms with van der Waals surface area (Å²) in [7, 11) is 0. The van der Waals surface area contributed by atoms with E-state index in [1.165, 1.54) is 64.2 Å². The molecule has 2 fully saturated rings. The summed E-state index contributed by atoms with van der Waals surface area (Å²) in [6.45, 7) is 7.93. The van der Waals surface area contributed by atoms with E-state index in [0.29, 0.717) is 12.1 Å². The topological polar surface area (TPSA) is 21.3 Å². The van der Waals surface area contributed by atoms with E-state index in [1.807, 2.05) is 0 Å². The van der Waals surface area contributed by atoms with Crippen molar-refractivity contribution in [2.75, 3.05) is 6.54 Å². The molecule has 0 spiro atoms. The maximum Gasteiger partial charge on any atom is 0.0810 e. The Labute approximate surface area is 126 Å². The van der Waals surface area contributed by atoms with Gasteiger partial charge in [-0.2, -0.15) is 0 Å². The standard InChI is InChI=1S/C18H35NO/c1-15(2)19-14-18(11-6-4-5-7-12-18)20-17-10-8-9-16(3)13-17/h15-17,19H,4-14H2,1-3H3. The molecular formula is C18H35NO. The smallest absolute Gasteiger partial charge is 0.0810 e. The molecular weight excluding hydrogens is 246 g/mol. The lowest BCUT2D eigenvalue weighted by atomic mass is 9.87. The largest absolute Gasteiger partial charge is 0.370 e. The van der Waals surface area contributed by atoms with Gasteiger partial charge in [0.15, 0.2) is 0 Å². The van der Waals surface area contributed by atoms with Crippen molar-refractivity contribution in [3.8, 4) is 0 Å². The first-order chi connectivity index (χ1) is 9.60. The molecule has 2 heteroatoms. The number of rotatable bonds is 5. The molecule has 118 valence electrons. The van der Waals surface area contributed by atoms with Crippen LogP contribution in [0.3, 0.4) is 0 Å². The van der Waals surface area contributed by atoms with E-state index in [-0.39, 0.29) is 5.60 Å². The molecule has 2 atom stereocenters. The van der Waals surface area contributed by atoms with Crippen molar-refractivity contribution >= 4 is 0 Å². The van der Waals surface area contributed by atoms with Crippen molar-refractivity contribution in [3.63, 3.8) is 0 Å². The zero-order valence-electron chi connectivity index (χ0n) is 13.9. The van der Waals surface area contributed by atoms with Crippen LogP contribution in [0, 0.1) is 5.92 Å². The molecule has 20 heavy (non-hydrogen) atoms. The van der Waals surface area contributed by atoms with Crippen molar-refractivity contribution in [3.05, 3.63) is 0 Å². The van der Waals surface area contributed by atoms with E-state index in [9.17, 15) is 0 Å². The first kappa shape index (κ1) is 16.3. The number of hydrogen-bond acceptors (Lipinski definition) is 2. The highest BCUT2D eigenvalue weighted by molar-refractivity contribution is 4.88. The summed E-state index contributed by atoms with van der Waals surface area (Å²) in [6.07, 6.45) is 13.9. The SMILES string of the molecule is CC1CCCC(OC2(CNC(C)C)CCCCCC2)C1. The Hall–Kier alpha value is -0.0800. The van der Waals surface area contributed by atoms with Gasteiger partial charge in [-0.05, 0) is 31.6 Å². The minimum atomic E-state index is 0.127. The van der Waals surface area contributed by atoms with Crippen LogP contribution < -0.4 is 5.32 Å². The van der Waals surface area contributed by atoms with Gasteiger partial charge in [-0.1, -0.05) is 59.3 Å². The molecule has 1 N–H and O–H groups in total. The van der Waals surface area contributed by atoms with Gasteiger partial charge >= 0.3 is 0 Å². The number of ether oxygens (including phenoxy) is 1. The lowest BCUT2D eigenvalue weighted by Gasteiger charge is -2.40. The molecule has 2 aliphatic carbocycles. The molecule has 2 unspecified atom stereocenters. The van der Waals surface area contributed by atoms with Crippen LogP contribution in [-0.2, 0) is 4.74 Å². The van der Waals surface area contributed by atoms with E-state index in [4.69, 9.17) is 4.74 Å². The summed E-state index contributed by atoms with van der Waals surface area (Å²) in [5, 5.41) is 3.66. The number of hydrogen-bond donors (Lipinski definition) is 1. The van der Waals surface area contributed by atoms with E-state index in [1.54, 1.807) is 0 Å². The molecule has 0 bridgehead atoms. The molecule has 0 aromatic rings. The zero-order valence-corrected chi connectivity index (χ0v) is 13.9. The van der Waals surface area contributed by atoms with E-state index >= 15 is 0 Å². The van der Waals surface area contributed by atoms with Crippen molar-refractivity contribution in [2.24, 2.45) is 5.92 Å². The van der Waals surface area contributed by atoms with Crippen LogP contribution in [0.1, 0.15) is 85.0 Å².